The number of hydrogen-bond acceptors (Lipinski definition) is 14. The monoisotopic (exact) mass is 614 g/mol. The Morgan fingerprint density at radius 1 is 1.37 bits per heavy atom. The van der Waals surface area contributed by atoms with Crippen LogP contribution in [-0.4, -0.2) is 95.6 Å². The van der Waals surface area contributed by atoms with E-state index in [-0.39, 0.29) is 40.1 Å². The fourth-order valence-corrected chi connectivity index (χ4v) is 5.41. The summed E-state index contributed by atoms with van der Waals surface area (Å²) < 4.78 is 33.7. The summed E-state index contributed by atoms with van der Waals surface area (Å²) in [6.45, 7) is 4.44. The van der Waals surface area contributed by atoms with E-state index in [1.54, 1.807) is 0 Å². The van der Waals surface area contributed by atoms with Crippen LogP contribution in [0, 0.1) is 0 Å². The second kappa shape index (κ2) is 11.3. The summed E-state index contributed by atoms with van der Waals surface area (Å²) in [5.41, 5.74) is 9.41. The van der Waals surface area contributed by atoms with Crippen molar-refractivity contribution in [2.24, 2.45) is 10.9 Å². The molecule has 2 atom stereocenters. The van der Waals surface area contributed by atoms with Gasteiger partial charge in [-0.25, -0.2) is 14.1 Å². The van der Waals surface area contributed by atoms with E-state index in [9.17, 15) is 32.5 Å². The number of rotatable bonds is 14. The Hall–Kier alpha value is -3.72. The van der Waals surface area contributed by atoms with Gasteiger partial charge in [-0.05, 0) is 26.8 Å². The number of carboxylic acid groups (broad SMARTS) is 1. The van der Waals surface area contributed by atoms with E-state index < -0.39 is 51.5 Å². The molecule has 20 heteroatoms. The molecule has 41 heavy (non-hydrogen) atoms. The molecule has 1 aliphatic carbocycles. The first-order valence-electron chi connectivity index (χ1n) is 12.3. The number of nitrogens with zero attached hydrogens (tertiary/aromatic N) is 6. The second-order valence-corrected chi connectivity index (χ2v) is 12.4. The first-order valence-corrected chi connectivity index (χ1v) is 14.6. The molecule has 2 aliphatic rings. The summed E-state index contributed by atoms with van der Waals surface area (Å²) in [5, 5.41) is 28.5. The van der Waals surface area contributed by atoms with Gasteiger partial charge in [-0.3, -0.25) is 14.1 Å². The lowest BCUT2D eigenvalue weighted by molar-refractivity contribution is -0.153. The SMILES string of the molecule is CC(C)(CCN)NCc1cnn(C[C@@H]2[C@H](NC(=O)C(=NOC3(C(=O)O)CC3)c3csc(N)n3)C(=O)N2S(=O)(=O)O)n1. The molecule has 2 aromatic heterocycles. The molecule has 0 unspecified atom stereocenters. The average Bonchev–Trinajstić information content (AvgIpc) is 3.33. The first-order chi connectivity index (χ1) is 19.2. The van der Waals surface area contributed by atoms with Gasteiger partial charge in [0.15, 0.2) is 10.8 Å². The van der Waals surface area contributed by atoms with Crippen LogP contribution in [0.1, 0.15) is 44.5 Å². The minimum absolute atomic E-state index is 0.0513. The van der Waals surface area contributed by atoms with Crippen LogP contribution < -0.4 is 22.1 Å². The number of nitrogens with one attached hydrogen (secondary N) is 2. The Bertz CT molecular complexity index is 1470. The van der Waals surface area contributed by atoms with Crippen LogP contribution in [0.25, 0.3) is 0 Å². The third kappa shape index (κ3) is 6.78. The summed E-state index contributed by atoms with van der Waals surface area (Å²) >= 11 is 0.976. The molecular formula is C21H30N10O8S2. The number of carbonyl (C=O) groups is 3. The van der Waals surface area contributed by atoms with Gasteiger partial charge < -0.3 is 32.0 Å². The molecule has 1 aliphatic heterocycles. The second-order valence-electron chi connectivity index (χ2n) is 10.2. The van der Waals surface area contributed by atoms with Crippen molar-refractivity contribution >= 4 is 50.3 Å². The molecule has 0 radical (unpaired) electrons. The summed E-state index contributed by atoms with van der Waals surface area (Å²) in [6, 6.07) is -2.75. The third-order valence-corrected chi connectivity index (χ3v) is 8.16. The van der Waals surface area contributed by atoms with Crippen LogP contribution in [0.3, 0.4) is 0 Å². The van der Waals surface area contributed by atoms with E-state index in [0.717, 1.165) is 16.1 Å². The maximum absolute atomic E-state index is 13.2. The standard InChI is InChI=1S/C21H30N10O8S2/c1-20(2,5-6-22)24-7-11-8-25-30(28-11)9-13-15(17(33)31(13)41(36,37)38)27-16(32)14(12-10-40-19(23)26-12)29-39-21(3-4-21)18(34)35/h8,10,13,15,24H,3-7,9,22H2,1-2H3,(H2,23,26)(H,27,32)(H,34,35)(H,36,37,38)/t13-,15+/m1/s1. The van der Waals surface area contributed by atoms with Crippen LogP contribution in [0.5, 0.6) is 0 Å². The topological polar surface area (TPSA) is 270 Å². The zero-order valence-corrected chi connectivity index (χ0v) is 23.7. The van der Waals surface area contributed by atoms with Crippen molar-refractivity contribution in [3.63, 3.8) is 0 Å². The highest BCUT2D eigenvalue weighted by atomic mass is 32.2. The summed E-state index contributed by atoms with van der Waals surface area (Å²) in [4.78, 5) is 47.7. The number of nitrogens with two attached hydrogens (primary N) is 2. The van der Waals surface area contributed by atoms with Crippen molar-refractivity contribution in [3.8, 4) is 0 Å². The smallest absolute Gasteiger partial charge is 0.362 e. The molecule has 0 spiro atoms. The Balaban J connectivity index is 1.52. The van der Waals surface area contributed by atoms with E-state index in [4.69, 9.17) is 16.3 Å². The Morgan fingerprint density at radius 3 is 2.63 bits per heavy atom. The number of anilines is 1. The predicted octanol–water partition coefficient (Wildman–Crippen LogP) is -1.93. The molecule has 0 aromatic carbocycles. The number of β-lactam (4-membered cyclic amide) rings is 1. The van der Waals surface area contributed by atoms with Gasteiger partial charge >= 0.3 is 16.3 Å². The minimum atomic E-state index is -4.99. The highest BCUT2D eigenvalue weighted by Crippen LogP contribution is 2.40. The molecule has 0 bridgehead atoms. The van der Waals surface area contributed by atoms with Crippen LogP contribution in [-0.2, 0) is 42.6 Å². The molecule has 1 saturated carbocycles. The summed E-state index contributed by atoms with van der Waals surface area (Å²) in [5.74, 6) is -3.40. The number of thiazole rings is 1. The van der Waals surface area contributed by atoms with Gasteiger partial charge in [-0.1, -0.05) is 5.16 Å². The van der Waals surface area contributed by atoms with E-state index in [1.165, 1.54) is 11.6 Å². The largest absolute Gasteiger partial charge is 0.478 e. The van der Waals surface area contributed by atoms with Crippen LogP contribution in [0.15, 0.2) is 16.7 Å². The molecule has 3 heterocycles. The van der Waals surface area contributed by atoms with E-state index in [1.807, 2.05) is 13.8 Å². The number of carbonyl (C=O) groups excluding carboxylic acids is 2. The average molecular weight is 615 g/mol. The molecule has 8 N–H and O–H groups in total. The predicted molar refractivity (Wildman–Crippen MR) is 142 cm³/mol. The molecule has 4 rings (SSSR count). The van der Waals surface area contributed by atoms with Gasteiger partial charge in [0.1, 0.15) is 17.8 Å². The van der Waals surface area contributed by atoms with E-state index in [0.29, 0.717) is 25.2 Å². The van der Waals surface area contributed by atoms with Crippen LogP contribution in [0.4, 0.5) is 5.13 Å². The number of amides is 2. The van der Waals surface area contributed by atoms with Gasteiger partial charge in [0.2, 0.25) is 5.60 Å². The lowest BCUT2D eigenvalue weighted by Crippen LogP contribution is -2.73. The highest BCUT2D eigenvalue weighted by molar-refractivity contribution is 7.84. The maximum Gasteiger partial charge on any atom is 0.362 e. The summed E-state index contributed by atoms with van der Waals surface area (Å²) in [6.07, 6.45) is 2.50. The van der Waals surface area contributed by atoms with Gasteiger partial charge in [0.25, 0.3) is 11.8 Å². The summed E-state index contributed by atoms with van der Waals surface area (Å²) in [7, 11) is -4.99. The lowest BCUT2D eigenvalue weighted by atomic mass is 9.98. The van der Waals surface area contributed by atoms with Gasteiger partial charge in [-0.15, -0.1) is 11.3 Å². The van der Waals surface area contributed by atoms with Crippen molar-refractivity contribution in [1.29, 1.82) is 0 Å². The Labute approximate surface area is 238 Å². The first kappa shape index (κ1) is 30.2. The molecule has 224 valence electrons. The molecule has 1 saturated heterocycles. The van der Waals surface area contributed by atoms with Crippen molar-refractivity contribution in [1.82, 2.24) is 34.9 Å². The van der Waals surface area contributed by atoms with E-state index >= 15 is 0 Å². The third-order valence-electron chi connectivity index (χ3n) is 6.54. The molecule has 2 amide bonds. The van der Waals surface area contributed by atoms with Gasteiger partial charge in [0, 0.05) is 30.3 Å². The molecule has 18 nitrogen and oxygen atoms in total. The Kier molecular flexibility index (Phi) is 8.32. The molecule has 2 aromatic rings. The lowest BCUT2D eigenvalue weighted by Gasteiger charge is -2.43. The molecule has 2 fully saturated rings. The number of aliphatic carboxylic acids is 1. The van der Waals surface area contributed by atoms with Crippen LogP contribution in [0.2, 0.25) is 0 Å². The normalized spacial score (nSPS) is 20.4. The van der Waals surface area contributed by atoms with Crippen molar-refractivity contribution < 1.29 is 37.3 Å². The van der Waals surface area contributed by atoms with E-state index in [2.05, 4.69) is 31.0 Å². The zero-order chi connectivity index (χ0) is 30.2. The van der Waals surface area contributed by atoms with Gasteiger partial charge in [0.05, 0.1) is 18.4 Å². The molecular weight excluding hydrogens is 584 g/mol. The zero-order valence-electron chi connectivity index (χ0n) is 22.1. The quantitative estimate of drug-likeness (QED) is 0.0585. The fraction of sp³-hybridized carbons (Fsp3) is 0.571. The minimum Gasteiger partial charge on any atom is -0.478 e. The van der Waals surface area contributed by atoms with Gasteiger partial charge in [-0.2, -0.15) is 23.4 Å². The number of nitrogen functional groups attached to an aromatic ring is 1. The van der Waals surface area contributed by atoms with Crippen molar-refractivity contribution in [3.05, 3.63) is 23.0 Å². The number of aromatic nitrogens is 4. The Morgan fingerprint density at radius 2 is 2.07 bits per heavy atom. The van der Waals surface area contributed by atoms with Crippen LogP contribution >= 0.6 is 11.3 Å². The number of oxime groups is 1. The maximum atomic E-state index is 13.2. The number of hydrogen-bond donors (Lipinski definition) is 6. The fourth-order valence-electron chi connectivity index (χ4n) is 3.99. The van der Waals surface area contributed by atoms with Crippen molar-refractivity contribution in [2.75, 3.05) is 12.3 Å². The van der Waals surface area contributed by atoms with Crippen molar-refractivity contribution in [2.45, 2.75) is 69.4 Å². The highest BCUT2D eigenvalue weighted by Gasteiger charge is 2.56. The number of carboxylic acids is 1.